The standard InChI is InChI=1S/C15H20N2O3S/c16-15(21)12-5-1-2-6-13(12)20-10-14(18)17-8-11-4-3-7-19-9-11/h1-2,5-6,11H,3-4,7-10H2,(H2,16,21)(H,17,18). The van der Waals surface area contributed by atoms with E-state index >= 15 is 0 Å². The Morgan fingerprint density at radius 3 is 3.00 bits per heavy atom. The van der Waals surface area contributed by atoms with Gasteiger partial charge in [-0.1, -0.05) is 24.4 Å². The largest absolute Gasteiger partial charge is 0.483 e. The van der Waals surface area contributed by atoms with E-state index in [1.54, 1.807) is 12.1 Å². The van der Waals surface area contributed by atoms with Gasteiger partial charge in [-0.15, -0.1) is 0 Å². The van der Waals surface area contributed by atoms with Crippen molar-refractivity contribution in [2.45, 2.75) is 12.8 Å². The van der Waals surface area contributed by atoms with Crippen molar-refractivity contribution in [3.8, 4) is 5.75 Å². The predicted molar refractivity (Wildman–Crippen MR) is 84.4 cm³/mol. The van der Waals surface area contributed by atoms with Crippen molar-refractivity contribution in [2.24, 2.45) is 11.7 Å². The van der Waals surface area contributed by atoms with Gasteiger partial charge in [0.05, 0.1) is 12.2 Å². The summed E-state index contributed by atoms with van der Waals surface area (Å²) in [7, 11) is 0. The van der Waals surface area contributed by atoms with Crippen molar-refractivity contribution in [2.75, 3.05) is 26.4 Å². The van der Waals surface area contributed by atoms with Gasteiger partial charge < -0.3 is 20.5 Å². The Hall–Kier alpha value is -1.66. The lowest BCUT2D eigenvalue weighted by atomic mass is 10.0. The zero-order valence-electron chi connectivity index (χ0n) is 11.8. The number of rotatable bonds is 6. The molecule has 1 heterocycles. The summed E-state index contributed by atoms with van der Waals surface area (Å²) in [4.78, 5) is 12.1. The summed E-state index contributed by atoms with van der Waals surface area (Å²) < 4.78 is 10.9. The molecule has 0 aromatic heterocycles. The van der Waals surface area contributed by atoms with Crippen LogP contribution in [0.15, 0.2) is 24.3 Å². The zero-order chi connectivity index (χ0) is 15.1. The molecule has 1 amide bonds. The van der Waals surface area contributed by atoms with Crippen LogP contribution in [0.5, 0.6) is 5.75 Å². The van der Waals surface area contributed by atoms with Gasteiger partial charge in [0.15, 0.2) is 6.61 Å². The molecule has 0 aliphatic carbocycles. The van der Waals surface area contributed by atoms with E-state index in [-0.39, 0.29) is 17.5 Å². The average Bonchev–Trinajstić information content (AvgIpc) is 2.52. The number of para-hydroxylation sites is 1. The van der Waals surface area contributed by atoms with Gasteiger partial charge in [0.1, 0.15) is 10.7 Å². The molecule has 2 rings (SSSR count). The van der Waals surface area contributed by atoms with E-state index in [1.165, 1.54) is 0 Å². The molecule has 1 aromatic rings. The van der Waals surface area contributed by atoms with Crippen molar-refractivity contribution in [3.05, 3.63) is 29.8 Å². The number of hydrogen-bond donors (Lipinski definition) is 2. The molecular formula is C15H20N2O3S. The van der Waals surface area contributed by atoms with Gasteiger partial charge in [0.25, 0.3) is 5.91 Å². The molecular weight excluding hydrogens is 288 g/mol. The second kappa shape index (κ2) is 7.95. The van der Waals surface area contributed by atoms with E-state index in [9.17, 15) is 4.79 Å². The molecule has 114 valence electrons. The van der Waals surface area contributed by atoms with Gasteiger partial charge in [0, 0.05) is 13.2 Å². The van der Waals surface area contributed by atoms with E-state index in [0.717, 1.165) is 19.4 Å². The number of thiocarbonyl (C=S) groups is 1. The van der Waals surface area contributed by atoms with E-state index < -0.39 is 0 Å². The molecule has 5 nitrogen and oxygen atoms in total. The van der Waals surface area contributed by atoms with Gasteiger partial charge in [-0.2, -0.15) is 0 Å². The van der Waals surface area contributed by atoms with Gasteiger partial charge in [-0.05, 0) is 30.9 Å². The van der Waals surface area contributed by atoms with E-state index in [4.69, 9.17) is 27.4 Å². The summed E-state index contributed by atoms with van der Waals surface area (Å²) in [5, 5.41) is 2.86. The van der Waals surface area contributed by atoms with Crippen LogP contribution in [0.25, 0.3) is 0 Å². The summed E-state index contributed by atoms with van der Waals surface area (Å²) in [5.74, 6) is 0.770. The SMILES string of the molecule is NC(=S)c1ccccc1OCC(=O)NCC1CCCOC1. The molecule has 1 saturated heterocycles. The van der Waals surface area contributed by atoms with E-state index in [1.807, 2.05) is 12.1 Å². The molecule has 1 fully saturated rings. The quantitative estimate of drug-likeness (QED) is 0.774. The van der Waals surface area contributed by atoms with Crippen molar-refractivity contribution < 1.29 is 14.3 Å². The monoisotopic (exact) mass is 308 g/mol. The Morgan fingerprint density at radius 1 is 1.48 bits per heavy atom. The van der Waals surface area contributed by atoms with Crippen LogP contribution >= 0.6 is 12.2 Å². The van der Waals surface area contributed by atoms with E-state index in [2.05, 4.69) is 5.32 Å². The molecule has 6 heteroatoms. The fraction of sp³-hybridized carbons (Fsp3) is 0.467. The maximum atomic E-state index is 11.8. The Labute approximate surface area is 129 Å². The van der Waals surface area contributed by atoms with Gasteiger partial charge in [-0.25, -0.2) is 0 Å². The first-order valence-corrected chi connectivity index (χ1v) is 7.43. The molecule has 1 aliphatic heterocycles. The zero-order valence-corrected chi connectivity index (χ0v) is 12.7. The Balaban J connectivity index is 1.77. The smallest absolute Gasteiger partial charge is 0.257 e. The molecule has 3 N–H and O–H groups in total. The molecule has 0 saturated carbocycles. The van der Waals surface area contributed by atoms with Crippen LogP contribution in [0.1, 0.15) is 18.4 Å². The van der Waals surface area contributed by atoms with Crippen LogP contribution in [0.4, 0.5) is 0 Å². The van der Waals surface area contributed by atoms with Crippen LogP contribution in [-0.4, -0.2) is 37.3 Å². The molecule has 1 aliphatic rings. The second-order valence-corrected chi connectivity index (χ2v) is 5.48. The maximum absolute atomic E-state index is 11.8. The van der Waals surface area contributed by atoms with Crippen LogP contribution in [0, 0.1) is 5.92 Å². The average molecular weight is 308 g/mol. The number of nitrogens with one attached hydrogen (secondary N) is 1. The maximum Gasteiger partial charge on any atom is 0.257 e. The summed E-state index contributed by atoms with van der Waals surface area (Å²) in [5.41, 5.74) is 6.25. The van der Waals surface area contributed by atoms with Crippen molar-refractivity contribution in [1.82, 2.24) is 5.32 Å². The third-order valence-corrected chi connectivity index (χ3v) is 3.57. The minimum atomic E-state index is -0.154. The molecule has 1 unspecified atom stereocenters. The van der Waals surface area contributed by atoms with E-state index in [0.29, 0.717) is 30.4 Å². The summed E-state index contributed by atoms with van der Waals surface area (Å²) in [6.45, 7) is 2.11. The molecule has 1 aromatic carbocycles. The third kappa shape index (κ3) is 4.99. The van der Waals surface area contributed by atoms with Gasteiger partial charge in [0.2, 0.25) is 0 Å². The highest BCUT2D eigenvalue weighted by Gasteiger charge is 2.15. The number of amides is 1. The normalized spacial score (nSPS) is 18.0. The fourth-order valence-corrected chi connectivity index (χ4v) is 2.39. The van der Waals surface area contributed by atoms with Crippen LogP contribution in [-0.2, 0) is 9.53 Å². The number of hydrogen-bond acceptors (Lipinski definition) is 4. The van der Waals surface area contributed by atoms with Crippen LogP contribution in [0.2, 0.25) is 0 Å². The highest BCUT2D eigenvalue weighted by atomic mass is 32.1. The minimum Gasteiger partial charge on any atom is -0.483 e. The number of ether oxygens (including phenoxy) is 2. The lowest BCUT2D eigenvalue weighted by Gasteiger charge is -2.22. The molecule has 0 bridgehead atoms. The second-order valence-electron chi connectivity index (χ2n) is 5.04. The highest BCUT2D eigenvalue weighted by molar-refractivity contribution is 7.80. The predicted octanol–water partition coefficient (Wildman–Crippen LogP) is 1.24. The summed E-state index contributed by atoms with van der Waals surface area (Å²) >= 11 is 4.95. The van der Waals surface area contributed by atoms with Crippen LogP contribution in [0.3, 0.4) is 0 Å². The number of benzene rings is 1. The fourth-order valence-electron chi connectivity index (χ4n) is 2.22. The first-order valence-electron chi connectivity index (χ1n) is 7.03. The highest BCUT2D eigenvalue weighted by Crippen LogP contribution is 2.17. The first kappa shape index (κ1) is 15.7. The first-order chi connectivity index (χ1) is 10.2. The lowest BCUT2D eigenvalue weighted by Crippen LogP contribution is -2.36. The van der Waals surface area contributed by atoms with Crippen molar-refractivity contribution in [1.29, 1.82) is 0 Å². The lowest BCUT2D eigenvalue weighted by molar-refractivity contribution is -0.123. The van der Waals surface area contributed by atoms with Gasteiger partial charge in [-0.3, -0.25) is 4.79 Å². The molecule has 21 heavy (non-hydrogen) atoms. The van der Waals surface area contributed by atoms with Crippen molar-refractivity contribution >= 4 is 23.1 Å². The van der Waals surface area contributed by atoms with Crippen LogP contribution < -0.4 is 15.8 Å². The Bertz CT molecular complexity index is 501. The molecule has 1 atom stereocenters. The topological polar surface area (TPSA) is 73.6 Å². The third-order valence-electron chi connectivity index (χ3n) is 3.35. The minimum absolute atomic E-state index is 0.0484. The van der Waals surface area contributed by atoms with Crippen molar-refractivity contribution in [3.63, 3.8) is 0 Å². The van der Waals surface area contributed by atoms with Gasteiger partial charge >= 0.3 is 0 Å². The number of carbonyl (C=O) groups is 1. The summed E-state index contributed by atoms with van der Waals surface area (Å²) in [6.07, 6.45) is 2.14. The Morgan fingerprint density at radius 2 is 2.29 bits per heavy atom. The molecule has 0 spiro atoms. The summed E-state index contributed by atoms with van der Waals surface area (Å²) in [6, 6.07) is 7.16. The Kier molecular flexibility index (Phi) is 5.95. The number of carbonyl (C=O) groups excluding carboxylic acids is 1. The number of nitrogens with two attached hydrogens (primary N) is 1. The molecule has 0 radical (unpaired) electrons.